The monoisotopic (exact) mass is 614 g/mol. The molecule has 6 rings (SSSR count). The fourth-order valence-electron chi connectivity index (χ4n) is 6.17. The molecule has 0 radical (unpaired) electrons. The van der Waals surface area contributed by atoms with Crippen LogP contribution in [-0.4, -0.2) is 94.8 Å². The summed E-state index contributed by atoms with van der Waals surface area (Å²) in [6.07, 6.45) is -1.26. The van der Waals surface area contributed by atoms with Gasteiger partial charge in [0.05, 0.1) is 41.2 Å². The van der Waals surface area contributed by atoms with E-state index in [1.165, 1.54) is 27.6 Å². The predicted octanol–water partition coefficient (Wildman–Crippen LogP) is 3.03. The number of amides is 4. The van der Waals surface area contributed by atoms with Gasteiger partial charge < -0.3 is 30.1 Å². The molecule has 4 aliphatic rings. The third kappa shape index (κ3) is 5.20. The van der Waals surface area contributed by atoms with Crippen LogP contribution in [0.4, 0.5) is 37.0 Å². The number of aromatic nitrogens is 1. The Balaban J connectivity index is 1.15. The third-order valence-corrected chi connectivity index (χ3v) is 9.26. The number of ether oxygens (including phenoxy) is 1. The molecule has 3 atom stereocenters. The van der Waals surface area contributed by atoms with Gasteiger partial charge in [0.15, 0.2) is 0 Å². The second-order valence-corrected chi connectivity index (χ2v) is 11.8. The maximum absolute atomic E-state index is 15.3. The molecule has 0 spiro atoms. The molecule has 13 nitrogen and oxygen atoms in total. The van der Waals surface area contributed by atoms with Crippen LogP contribution in [0.5, 0.6) is 0 Å². The first-order valence-electron chi connectivity index (χ1n) is 14.1. The molecule has 1 aromatic carbocycles. The molecule has 1 aromatic heterocycles. The average molecular weight is 615 g/mol. The second kappa shape index (κ2) is 11.5. The number of pyridine rings is 1. The second-order valence-electron chi connectivity index (χ2n) is 10.8. The average Bonchev–Trinajstić information content (AvgIpc) is 3.56. The lowest BCUT2D eigenvalue weighted by Gasteiger charge is -2.40. The maximum atomic E-state index is 15.3. The van der Waals surface area contributed by atoms with Gasteiger partial charge in [-0.3, -0.25) is 19.4 Å². The Kier molecular flexibility index (Phi) is 7.77. The number of anilines is 4. The van der Waals surface area contributed by atoms with Crippen LogP contribution in [0.3, 0.4) is 0 Å². The van der Waals surface area contributed by atoms with E-state index in [9.17, 15) is 29.4 Å². The number of carboxylic acid groups (broad SMARTS) is 1. The van der Waals surface area contributed by atoms with E-state index in [1.807, 2.05) is 4.90 Å². The molecule has 1 fully saturated rings. The number of thioether (sulfide) groups is 1. The minimum absolute atomic E-state index is 0.00239. The summed E-state index contributed by atoms with van der Waals surface area (Å²) < 4.78 is 20.8. The Hall–Kier alpha value is -4.11. The molecule has 15 heteroatoms. The molecule has 0 saturated carbocycles. The quantitative estimate of drug-likeness (QED) is 0.384. The van der Waals surface area contributed by atoms with Gasteiger partial charge in [-0.1, -0.05) is 0 Å². The summed E-state index contributed by atoms with van der Waals surface area (Å²) in [6.45, 7) is 2.31. The summed E-state index contributed by atoms with van der Waals surface area (Å²) in [5.41, 5.74) is 1.18. The minimum atomic E-state index is -1.25. The van der Waals surface area contributed by atoms with Gasteiger partial charge in [0.1, 0.15) is 29.6 Å². The summed E-state index contributed by atoms with van der Waals surface area (Å²) in [4.78, 5) is 61.1. The van der Waals surface area contributed by atoms with E-state index in [1.54, 1.807) is 25.1 Å². The smallest absolute Gasteiger partial charge is 0.415 e. The van der Waals surface area contributed by atoms with Gasteiger partial charge in [-0.2, -0.15) is 0 Å². The molecule has 43 heavy (non-hydrogen) atoms. The molecule has 0 aliphatic carbocycles. The number of hydrogen-bond acceptors (Lipinski definition) is 9. The highest BCUT2D eigenvalue weighted by molar-refractivity contribution is 8.00. The zero-order valence-corrected chi connectivity index (χ0v) is 24.2. The van der Waals surface area contributed by atoms with Crippen molar-refractivity contribution in [3.8, 4) is 0 Å². The van der Waals surface area contributed by atoms with Crippen LogP contribution in [0.25, 0.3) is 0 Å². The van der Waals surface area contributed by atoms with Crippen molar-refractivity contribution in [2.75, 3.05) is 58.6 Å². The number of hydrogen-bond donors (Lipinski definition) is 3. The van der Waals surface area contributed by atoms with Crippen molar-refractivity contribution in [3.63, 3.8) is 0 Å². The van der Waals surface area contributed by atoms with E-state index < -0.39 is 36.2 Å². The highest BCUT2D eigenvalue weighted by Gasteiger charge is 2.47. The van der Waals surface area contributed by atoms with Crippen molar-refractivity contribution in [1.82, 2.24) is 9.88 Å². The first-order valence-corrected chi connectivity index (χ1v) is 15.1. The van der Waals surface area contributed by atoms with Crippen LogP contribution in [-0.2, 0) is 14.3 Å². The van der Waals surface area contributed by atoms with Crippen molar-refractivity contribution in [2.45, 2.75) is 49.3 Å². The summed E-state index contributed by atoms with van der Waals surface area (Å²) in [5, 5.41) is 22.2. The highest BCUT2D eigenvalue weighted by Crippen LogP contribution is 2.49. The number of cyclic esters (lactones) is 1. The van der Waals surface area contributed by atoms with Gasteiger partial charge in [-0.05, 0) is 50.5 Å². The Morgan fingerprint density at radius 1 is 1.19 bits per heavy atom. The molecular formula is C28H31FN6O7S. The molecule has 228 valence electrons. The summed E-state index contributed by atoms with van der Waals surface area (Å²) >= 11 is 1.36. The standard InChI is InChI=1S/C28H31FN6O7S/c1-15-26(38)35-13-19(23-17(29)5-6-18(24(23)35)32(15)10-3-11-36)33(27(39)40)9-2-4-16-12-34(28(41)42-16)21-8-7-20-25(30-21)31-22(37)14-43-20/h5-8,15-16,19,36H,2-4,9-14H2,1H3,(H,39,40)(H,30,31,37)/t15-,16-,19?/m1/s1. The lowest BCUT2D eigenvalue weighted by Crippen LogP contribution is -2.52. The van der Waals surface area contributed by atoms with Crippen LogP contribution < -0.4 is 20.0 Å². The Morgan fingerprint density at radius 2 is 2.00 bits per heavy atom. The molecule has 4 aliphatic heterocycles. The topological polar surface area (TPSA) is 156 Å². The van der Waals surface area contributed by atoms with E-state index in [2.05, 4.69) is 10.3 Å². The number of halogens is 1. The van der Waals surface area contributed by atoms with Crippen LogP contribution in [0.2, 0.25) is 0 Å². The van der Waals surface area contributed by atoms with Crippen molar-refractivity contribution < 1.29 is 38.5 Å². The highest BCUT2D eigenvalue weighted by atomic mass is 32.2. The maximum Gasteiger partial charge on any atom is 0.415 e. The number of rotatable bonds is 9. The zero-order valence-electron chi connectivity index (χ0n) is 23.4. The van der Waals surface area contributed by atoms with Crippen LogP contribution in [0.1, 0.15) is 37.8 Å². The molecule has 4 amide bonds. The van der Waals surface area contributed by atoms with E-state index in [-0.39, 0.29) is 43.6 Å². The van der Waals surface area contributed by atoms with Crippen molar-refractivity contribution in [2.24, 2.45) is 0 Å². The molecule has 3 N–H and O–H groups in total. The Labute approximate surface area is 250 Å². The number of fused-ring (bicyclic) bond motifs is 1. The van der Waals surface area contributed by atoms with E-state index in [0.717, 1.165) is 9.80 Å². The molecular weight excluding hydrogens is 583 g/mol. The van der Waals surface area contributed by atoms with Gasteiger partial charge in [-0.15, -0.1) is 11.8 Å². The van der Waals surface area contributed by atoms with Gasteiger partial charge in [0.2, 0.25) is 11.8 Å². The molecule has 1 unspecified atom stereocenters. The molecule has 5 heterocycles. The molecule has 2 aromatic rings. The minimum Gasteiger partial charge on any atom is -0.465 e. The lowest BCUT2D eigenvalue weighted by molar-refractivity contribution is -0.120. The summed E-state index contributed by atoms with van der Waals surface area (Å²) in [5.74, 6) is 0.0166. The summed E-state index contributed by atoms with van der Waals surface area (Å²) in [7, 11) is 0. The van der Waals surface area contributed by atoms with Gasteiger partial charge >= 0.3 is 12.2 Å². The zero-order chi connectivity index (χ0) is 30.4. The Morgan fingerprint density at radius 3 is 2.77 bits per heavy atom. The largest absolute Gasteiger partial charge is 0.465 e. The van der Waals surface area contributed by atoms with Gasteiger partial charge in [-0.25, -0.2) is 19.0 Å². The number of aliphatic hydroxyl groups excluding tert-OH is 1. The van der Waals surface area contributed by atoms with Gasteiger partial charge in [0.25, 0.3) is 0 Å². The molecule has 1 saturated heterocycles. The SMILES string of the molecule is C[C@@H]1C(=O)N2CC(N(CCC[C@@H]3CN(c4ccc5c(n4)NC(=O)CS5)C(=O)O3)C(=O)O)c3c(F)ccc(c32)N1CCCO. The number of benzene rings is 1. The van der Waals surface area contributed by atoms with Gasteiger partial charge in [0, 0.05) is 25.3 Å². The Bertz CT molecular complexity index is 1490. The summed E-state index contributed by atoms with van der Waals surface area (Å²) in [6, 6.07) is 4.91. The van der Waals surface area contributed by atoms with Crippen molar-refractivity contribution in [1.29, 1.82) is 0 Å². The number of carbonyl (C=O) groups excluding carboxylic acids is 3. The van der Waals surface area contributed by atoms with Crippen molar-refractivity contribution >= 4 is 58.8 Å². The van der Waals surface area contributed by atoms with E-state index in [0.29, 0.717) is 54.6 Å². The normalized spacial score (nSPS) is 22.3. The van der Waals surface area contributed by atoms with Crippen LogP contribution in [0, 0.1) is 5.82 Å². The first kappa shape index (κ1) is 29.0. The molecule has 0 bridgehead atoms. The van der Waals surface area contributed by atoms with Crippen LogP contribution >= 0.6 is 11.8 Å². The van der Waals surface area contributed by atoms with E-state index >= 15 is 4.39 Å². The lowest BCUT2D eigenvalue weighted by atomic mass is 10.0. The predicted molar refractivity (Wildman–Crippen MR) is 155 cm³/mol. The fraction of sp³-hybridized carbons (Fsp3) is 0.464. The third-order valence-electron chi connectivity index (χ3n) is 8.22. The number of nitrogens with one attached hydrogen (secondary N) is 1. The van der Waals surface area contributed by atoms with Crippen LogP contribution in [0.15, 0.2) is 29.2 Å². The fourth-order valence-corrected chi connectivity index (χ4v) is 6.93. The number of aliphatic hydroxyl groups is 1. The van der Waals surface area contributed by atoms with Crippen molar-refractivity contribution in [3.05, 3.63) is 35.6 Å². The first-order chi connectivity index (χ1) is 20.7. The number of nitrogens with zero attached hydrogens (tertiary/aromatic N) is 5. The van der Waals surface area contributed by atoms with E-state index in [4.69, 9.17) is 4.74 Å². The number of carbonyl (C=O) groups is 4.